The van der Waals surface area contributed by atoms with Gasteiger partial charge < -0.3 is 8.53 Å². The van der Waals surface area contributed by atoms with Crippen LogP contribution >= 0.6 is 0 Å². The van der Waals surface area contributed by atoms with Gasteiger partial charge in [-0.2, -0.15) is 0 Å². The lowest BCUT2D eigenvalue weighted by Crippen LogP contribution is -2.76. The molecule has 0 saturated carbocycles. The molecule has 0 aliphatic rings. The van der Waals surface area contributed by atoms with Gasteiger partial charge in [-0.15, -0.1) is 0 Å². The second kappa shape index (κ2) is 5.48. The third-order valence-electron chi connectivity index (χ3n) is 4.44. The van der Waals surface area contributed by atoms with Crippen LogP contribution in [0.4, 0.5) is 4.11 Å². The average Bonchev–Trinajstić information content (AvgIpc) is 1.87. The smallest absolute Gasteiger partial charge is 0.289 e. The molecule has 0 aromatic rings. The van der Waals surface area contributed by atoms with E-state index in [4.69, 9.17) is 4.43 Å². The van der Waals surface area contributed by atoms with Crippen molar-refractivity contribution in [2.75, 3.05) is 0 Å². The van der Waals surface area contributed by atoms with Gasteiger partial charge in [0.2, 0.25) is 16.7 Å². The Morgan fingerprint density at radius 3 is 1.30 bits per heavy atom. The molecule has 0 spiro atoms. The van der Waals surface area contributed by atoms with E-state index in [0.717, 1.165) is 0 Å². The van der Waals surface area contributed by atoms with Gasteiger partial charge in [-0.25, -0.2) is 0 Å². The fraction of sp³-hybridized carbons (Fsp3) is 0.923. The standard InChI is InChI=1S/C13H33FO2Si4/c1-12(15)16-20(10,11)13(17(2,3)4,18(5,6)7)19(8,9)14/h1-11H3. The number of carbonyl (C=O) groups is 1. The van der Waals surface area contributed by atoms with Gasteiger partial charge in [-0.05, 0) is 26.2 Å². The summed E-state index contributed by atoms with van der Waals surface area (Å²) in [5, 5.41) is 0. The Kier molecular flexibility index (Phi) is 5.55. The Morgan fingerprint density at radius 1 is 0.850 bits per heavy atom. The zero-order valence-corrected chi connectivity index (χ0v) is 19.2. The number of hydrogen-bond donors (Lipinski definition) is 0. The zero-order valence-electron chi connectivity index (χ0n) is 15.2. The lowest BCUT2D eigenvalue weighted by Gasteiger charge is -2.61. The fourth-order valence-corrected chi connectivity index (χ4v) is 50.6. The minimum Gasteiger partial charge on any atom is -0.520 e. The van der Waals surface area contributed by atoms with Crippen molar-refractivity contribution in [2.45, 2.75) is 76.3 Å². The number of rotatable bonds is 5. The molecular formula is C13H33FO2Si4. The molecule has 0 aliphatic carbocycles. The van der Waals surface area contributed by atoms with E-state index >= 15 is 4.11 Å². The molecule has 0 atom stereocenters. The van der Waals surface area contributed by atoms with Gasteiger partial charge >= 0.3 is 0 Å². The highest BCUT2D eigenvalue weighted by Crippen LogP contribution is 2.60. The van der Waals surface area contributed by atoms with Crippen molar-refractivity contribution in [3.05, 3.63) is 0 Å². The molecule has 0 heterocycles. The second-order valence-electron chi connectivity index (χ2n) is 8.83. The Bertz CT molecular complexity index is 339. The molecule has 0 unspecified atom stereocenters. The molecule has 0 rings (SSSR count). The van der Waals surface area contributed by atoms with Gasteiger partial charge in [-0.3, -0.25) is 4.79 Å². The van der Waals surface area contributed by atoms with Gasteiger partial charge in [0.25, 0.3) is 5.97 Å². The topological polar surface area (TPSA) is 26.3 Å². The van der Waals surface area contributed by atoms with Crippen molar-refractivity contribution in [1.29, 1.82) is 0 Å². The van der Waals surface area contributed by atoms with Crippen LogP contribution < -0.4 is 0 Å². The quantitative estimate of drug-likeness (QED) is 0.516. The minimum atomic E-state index is -3.00. The van der Waals surface area contributed by atoms with Crippen LogP contribution in [0.25, 0.3) is 0 Å². The van der Waals surface area contributed by atoms with E-state index in [1.54, 1.807) is 0 Å². The molecule has 0 fully saturated rings. The first kappa shape index (κ1) is 20.3. The normalized spacial score (nSPS) is 15.2. The molecular weight excluding hydrogens is 319 g/mol. The molecule has 0 N–H and O–H groups in total. The first-order chi connectivity index (χ1) is 8.42. The highest BCUT2D eigenvalue weighted by atomic mass is 28.5. The lowest BCUT2D eigenvalue weighted by molar-refractivity contribution is -0.132. The number of hydrogen-bond acceptors (Lipinski definition) is 2. The highest BCUT2D eigenvalue weighted by Gasteiger charge is 2.72. The molecule has 0 radical (unpaired) electrons. The van der Waals surface area contributed by atoms with Crippen molar-refractivity contribution in [1.82, 2.24) is 0 Å². The molecule has 0 bridgehead atoms. The van der Waals surface area contributed by atoms with Crippen LogP contribution in [0.3, 0.4) is 0 Å². The maximum atomic E-state index is 15.7. The summed E-state index contributed by atoms with van der Waals surface area (Å²) in [6, 6.07) is 0. The van der Waals surface area contributed by atoms with Crippen LogP contribution in [-0.2, 0) is 9.22 Å². The SMILES string of the molecule is CC(=O)O[Si](C)(C)C([Si](C)(C)C)([Si](C)(C)C)[Si](C)(C)F. The molecule has 20 heavy (non-hydrogen) atoms. The predicted octanol–water partition coefficient (Wildman–Crippen LogP) is 4.96. The van der Waals surface area contributed by atoms with Crippen LogP contribution in [0.5, 0.6) is 0 Å². The monoisotopic (exact) mass is 352 g/mol. The van der Waals surface area contributed by atoms with E-state index in [1.165, 1.54) is 6.92 Å². The zero-order chi connectivity index (χ0) is 16.8. The third-order valence-corrected chi connectivity index (χ3v) is 37.6. The highest BCUT2D eigenvalue weighted by molar-refractivity contribution is 7.27. The maximum Gasteiger partial charge on any atom is 0.289 e. The van der Waals surface area contributed by atoms with Crippen LogP contribution in [0.2, 0.25) is 69.4 Å². The van der Waals surface area contributed by atoms with Crippen molar-refractivity contribution in [3.8, 4) is 0 Å². The summed E-state index contributed by atoms with van der Waals surface area (Å²) >= 11 is 0. The average molecular weight is 353 g/mol. The van der Waals surface area contributed by atoms with Crippen LogP contribution in [0, 0.1) is 0 Å². The summed E-state index contributed by atoms with van der Waals surface area (Å²) in [4.78, 5) is 11.6. The molecule has 2 nitrogen and oxygen atoms in total. The number of halogens is 1. The Balaban J connectivity index is 6.55. The lowest BCUT2D eigenvalue weighted by atomic mass is 10.9. The number of carbonyl (C=O) groups excluding carboxylic acids is 1. The minimum absolute atomic E-state index is 0.249. The first-order valence-corrected chi connectivity index (χ1v) is 20.1. The summed E-state index contributed by atoms with van der Waals surface area (Å²) in [6.07, 6.45) is 0. The Hall–Kier alpha value is 0.268. The molecule has 0 saturated heterocycles. The van der Waals surface area contributed by atoms with Crippen molar-refractivity contribution in [3.63, 3.8) is 0 Å². The van der Waals surface area contributed by atoms with Gasteiger partial charge in [0.15, 0.2) is 0 Å². The summed E-state index contributed by atoms with van der Waals surface area (Å²) in [5.41, 5.74) is 0. The van der Waals surface area contributed by atoms with Crippen molar-refractivity contribution < 1.29 is 13.3 Å². The molecule has 0 amide bonds. The van der Waals surface area contributed by atoms with E-state index in [9.17, 15) is 4.79 Å². The molecule has 120 valence electrons. The molecule has 0 aromatic carbocycles. The maximum absolute atomic E-state index is 15.7. The van der Waals surface area contributed by atoms with E-state index in [-0.39, 0.29) is 9.88 Å². The van der Waals surface area contributed by atoms with Crippen LogP contribution in [0.1, 0.15) is 6.92 Å². The third kappa shape index (κ3) is 3.20. The summed E-state index contributed by atoms with van der Waals surface area (Å²) in [7, 11) is -9.25. The Labute approximate surface area is 128 Å². The van der Waals surface area contributed by atoms with E-state index in [1.807, 2.05) is 13.1 Å². The fourth-order valence-electron chi connectivity index (χ4n) is 5.87. The molecule has 0 aliphatic heterocycles. The van der Waals surface area contributed by atoms with Crippen LogP contribution in [0.15, 0.2) is 0 Å². The van der Waals surface area contributed by atoms with Crippen LogP contribution in [-0.4, -0.2) is 38.8 Å². The van der Waals surface area contributed by atoms with Gasteiger partial charge in [0, 0.05) is 27.0 Å². The molecule has 0 aromatic heterocycles. The van der Waals surface area contributed by atoms with E-state index in [2.05, 4.69) is 52.4 Å². The predicted molar refractivity (Wildman–Crippen MR) is 97.2 cm³/mol. The van der Waals surface area contributed by atoms with E-state index in [0.29, 0.717) is 0 Å². The van der Waals surface area contributed by atoms with Gasteiger partial charge in [-0.1, -0.05) is 39.3 Å². The second-order valence-corrected chi connectivity index (χ2v) is 30.0. The van der Waals surface area contributed by atoms with Gasteiger partial charge in [0.1, 0.15) is 0 Å². The summed E-state index contributed by atoms with van der Waals surface area (Å²) in [6.45, 7) is 22.8. The summed E-state index contributed by atoms with van der Waals surface area (Å²) in [5.74, 6) is -0.249. The van der Waals surface area contributed by atoms with Crippen molar-refractivity contribution in [2.24, 2.45) is 0 Å². The van der Waals surface area contributed by atoms with Gasteiger partial charge in [0.05, 0.1) is 0 Å². The largest absolute Gasteiger partial charge is 0.520 e. The molecule has 7 heteroatoms. The summed E-state index contributed by atoms with van der Waals surface area (Å²) < 4.78 is 21.2. The Morgan fingerprint density at radius 2 is 1.15 bits per heavy atom. The first-order valence-electron chi connectivity index (χ1n) is 7.30. The van der Waals surface area contributed by atoms with E-state index < -0.39 is 32.9 Å². The van der Waals surface area contributed by atoms with Crippen molar-refractivity contribution >= 4 is 38.8 Å².